The predicted molar refractivity (Wildman–Crippen MR) is 117 cm³/mol. The summed E-state index contributed by atoms with van der Waals surface area (Å²) in [4.78, 5) is 14.0. The van der Waals surface area contributed by atoms with Gasteiger partial charge in [-0.05, 0) is 51.1 Å². The van der Waals surface area contributed by atoms with Crippen LogP contribution >= 0.6 is 23.1 Å². The van der Waals surface area contributed by atoms with Crippen LogP contribution in [0, 0.1) is 13.8 Å². The third-order valence-electron chi connectivity index (χ3n) is 5.39. The fourth-order valence-electron chi connectivity index (χ4n) is 3.83. The van der Waals surface area contributed by atoms with Crippen LogP contribution in [-0.4, -0.2) is 43.6 Å². The molecule has 29 heavy (non-hydrogen) atoms. The fraction of sp³-hybridized carbons (Fsp3) is 0.476. The monoisotopic (exact) mass is 430 g/mol. The highest BCUT2D eigenvalue weighted by atomic mass is 32.2. The summed E-state index contributed by atoms with van der Waals surface area (Å²) in [5, 5.41) is 11.5. The molecule has 8 heteroatoms. The minimum Gasteiger partial charge on any atom is -0.376 e. The van der Waals surface area contributed by atoms with Crippen molar-refractivity contribution in [2.45, 2.75) is 58.0 Å². The van der Waals surface area contributed by atoms with Gasteiger partial charge in [-0.15, -0.1) is 21.5 Å². The molecule has 4 heterocycles. The first-order chi connectivity index (χ1) is 14.1. The second kappa shape index (κ2) is 8.85. The fourth-order valence-corrected chi connectivity index (χ4v) is 5.44. The van der Waals surface area contributed by atoms with Gasteiger partial charge in [-0.3, -0.25) is 4.79 Å². The molecule has 1 saturated heterocycles. The molecule has 1 fully saturated rings. The van der Waals surface area contributed by atoms with Crippen LogP contribution in [0.1, 0.15) is 41.5 Å². The van der Waals surface area contributed by atoms with Crippen molar-refractivity contribution in [2.75, 3.05) is 12.4 Å². The maximum absolute atomic E-state index is 13.0. The number of carbonyl (C=O) groups excluding carboxylic acids is 1. The summed E-state index contributed by atoms with van der Waals surface area (Å²) in [6, 6.07) is 6.07. The van der Waals surface area contributed by atoms with E-state index in [0.717, 1.165) is 65.3 Å². The zero-order valence-electron chi connectivity index (χ0n) is 17.1. The van der Waals surface area contributed by atoms with Crippen LogP contribution in [0.3, 0.4) is 0 Å². The van der Waals surface area contributed by atoms with Gasteiger partial charge in [0, 0.05) is 36.6 Å². The number of hydrogen-bond acceptors (Lipinski definition) is 6. The van der Waals surface area contributed by atoms with E-state index in [1.165, 1.54) is 11.8 Å². The van der Waals surface area contributed by atoms with Crippen LogP contribution in [0.4, 0.5) is 0 Å². The van der Waals surface area contributed by atoms with Crippen molar-refractivity contribution in [1.82, 2.24) is 19.3 Å². The van der Waals surface area contributed by atoms with Gasteiger partial charge in [0.05, 0.1) is 16.7 Å². The van der Waals surface area contributed by atoms with Gasteiger partial charge in [0.1, 0.15) is 0 Å². The molecule has 1 aliphatic heterocycles. The molecule has 3 aromatic heterocycles. The maximum atomic E-state index is 13.0. The molecule has 0 aliphatic carbocycles. The molecular weight excluding hydrogens is 404 g/mol. The Kier molecular flexibility index (Phi) is 6.22. The Labute approximate surface area is 179 Å². The first-order valence-electron chi connectivity index (χ1n) is 10.00. The average Bonchev–Trinajstić information content (AvgIpc) is 3.50. The molecule has 4 rings (SSSR count). The molecule has 1 atom stereocenters. The van der Waals surface area contributed by atoms with E-state index in [4.69, 9.17) is 4.74 Å². The molecule has 6 nitrogen and oxygen atoms in total. The molecule has 0 amide bonds. The van der Waals surface area contributed by atoms with Crippen molar-refractivity contribution in [2.24, 2.45) is 0 Å². The number of nitrogens with zero attached hydrogens (tertiary/aromatic N) is 4. The Morgan fingerprint density at radius 1 is 1.34 bits per heavy atom. The molecule has 0 spiro atoms. The van der Waals surface area contributed by atoms with E-state index in [1.807, 2.05) is 30.5 Å². The summed E-state index contributed by atoms with van der Waals surface area (Å²) in [5.41, 5.74) is 2.94. The summed E-state index contributed by atoms with van der Waals surface area (Å²) in [6.45, 7) is 8.61. The van der Waals surface area contributed by atoms with Crippen molar-refractivity contribution in [1.29, 1.82) is 0 Å². The lowest BCUT2D eigenvalue weighted by Gasteiger charge is -2.14. The lowest BCUT2D eigenvalue weighted by Crippen LogP contribution is -2.17. The average molecular weight is 431 g/mol. The summed E-state index contributed by atoms with van der Waals surface area (Å²) in [7, 11) is 0. The normalized spacial score (nSPS) is 16.6. The highest BCUT2D eigenvalue weighted by Crippen LogP contribution is 2.28. The van der Waals surface area contributed by atoms with Crippen LogP contribution in [0.2, 0.25) is 0 Å². The van der Waals surface area contributed by atoms with Crippen LogP contribution < -0.4 is 0 Å². The van der Waals surface area contributed by atoms with E-state index in [2.05, 4.69) is 33.2 Å². The summed E-state index contributed by atoms with van der Waals surface area (Å²) in [5.74, 6) is 1.35. The van der Waals surface area contributed by atoms with Crippen molar-refractivity contribution in [3.8, 4) is 10.7 Å². The number of carbonyl (C=O) groups is 1. The Balaban J connectivity index is 1.46. The number of thioether (sulfide) groups is 1. The van der Waals surface area contributed by atoms with E-state index in [1.54, 1.807) is 11.3 Å². The Hall–Kier alpha value is -1.90. The van der Waals surface area contributed by atoms with E-state index < -0.39 is 0 Å². The van der Waals surface area contributed by atoms with Gasteiger partial charge in [-0.2, -0.15) is 0 Å². The van der Waals surface area contributed by atoms with Gasteiger partial charge in [0.15, 0.2) is 16.8 Å². The number of Topliss-reactive ketones (excluding diaryl/α,β-unsaturated/α-hetero) is 1. The first-order valence-corrected chi connectivity index (χ1v) is 11.9. The molecule has 0 bridgehead atoms. The van der Waals surface area contributed by atoms with Crippen LogP contribution in [0.5, 0.6) is 0 Å². The maximum Gasteiger partial charge on any atom is 0.191 e. The minimum absolute atomic E-state index is 0.130. The number of ether oxygens (including phenoxy) is 1. The SMILES string of the molecule is CCn1c(SCC(=O)c2cc(C)n(CC3CCCO3)c2C)nnc1-c1cccs1. The molecule has 3 aromatic rings. The van der Waals surface area contributed by atoms with Crippen molar-refractivity contribution in [3.05, 3.63) is 40.5 Å². The third kappa shape index (κ3) is 4.20. The van der Waals surface area contributed by atoms with Crippen molar-refractivity contribution < 1.29 is 9.53 Å². The van der Waals surface area contributed by atoms with Crippen LogP contribution in [-0.2, 0) is 17.8 Å². The van der Waals surface area contributed by atoms with E-state index in [9.17, 15) is 4.79 Å². The number of hydrogen-bond donors (Lipinski definition) is 0. The Morgan fingerprint density at radius 3 is 2.90 bits per heavy atom. The molecule has 0 N–H and O–H groups in total. The van der Waals surface area contributed by atoms with Gasteiger partial charge >= 0.3 is 0 Å². The number of ketones is 1. The van der Waals surface area contributed by atoms with Gasteiger partial charge < -0.3 is 13.9 Å². The number of rotatable bonds is 8. The second-order valence-electron chi connectivity index (χ2n) is 7.27. The van der Waals surface area contributed by atoms with Crippen molar-refractivity contribution >= 4 is 28.9 Å². The van der Waals surface area contributed by atoms with Crippen LogP contribution in [0.15, 0.2) is 28.7 Å². The van der Waals surface area contributed by atoms with Gasteiger partial charge in [0.25, 0.3) is 0 Å². The summed E-state index contributed by atoms with van der Waals surface area (Å²) < 4.78 is 10.1. The quantitative estimate of drug-likeness (QED) is 0.386. The highest BCUT2D eigenvalue weighted by Gasteiger charge is 2.22. The largest absolute Gasteiger partial charge is 0.376 e. The summed E-state index contributed by atoms with van der Waals surface area (Å²) >= 11 is 3.11. The first kappa shape index (κ1) is 20.4. The predicted octanol–water partition coefficient (Wildman–Crippen LogP) is 4.60. The van der Waals surface area contributed by atoms with E-state index >= 15 is 0 Å². The topological polar surface area (TPSA) is 61.9 Å². The second-order valence-corrected chi connectivity index (χ2v) is 9.16. The highest BCUT2D eigenvalue weighted by molar-refractivity contribution is 7.99. The molecule has 0 radical (unpaired) electrons. The number of aryl methyl sites for hydroxylation is 1. The van der Waals surface area contributed by atoms with Crippen LogP contribution in [0.25, 0.3) is 10.7 Å². The minimum atomic E-state index is 0.130. The molecular formula is C21H26N4O2S2. The molecule has 1 aliphatic rings. The number of aromatic nitrogens is 4. The molecule has 0 aromatic carbocycles. The number of thiophene rings is 1. The summed E-state index contributed by atoms with van der Waals surface area (Å²) in [6.07, 6.45) is 2.48. The zero-order chi connectivity index (χ0) is 20.4. The van der Waals surface area contributed by atoms with Gasteiger partial charge in [-0.1, -0.05) is 17.8 Å². The Bertz CT molecular complexity index is 985. The standard InChI is InChI=1S/C21H26N4O2S2/c1-4-24-20(19-8-6-10-28-19)22-23-21(24)29-13-18(26)17-11-14(2)25(15(17)3)12-16-7-5-9-27-16/h6,8,10-11,16H,4-5,7,9,12-13H2,1-3H3. The third-order valence-corrected chi connectivity index (χ3v) is 7.22. The smallest absolute Gasteiger partial charge is 0.191 e. The lowest BCUT2D eigenvalue weighted by molar-refractivity contribution is 0.0957. The lowest BCUT2D eigenvalue weighted by atomic mass is 10.2. The van der Waals surface area contributed by atoms with E-state index in [-0.39, 0.29) is 11.9 Å². The molecule has 1 unspecified atom stereocenters. The molecule has 0 saturated carbocycles. The van der Waals surface area contributed by atoms with Gasteiger partial charge in [0.2, 0.25) is 0 Å². The van der Waals surface area contributed by atoms with E-state index in [0.29, 0.717) is 5.75 Å². The van der Waals surface area contributed by atoms with Gasteiger partial charge in [-0.25, -0.2) is 0 Å². The Morgan fingerprint density at radius 2 is 2.21 bits per heavy atom. The van der Waals surface area contributed by atoms with Crippen molar-refractivity contribution in [3.63, 3.8) is 0 Å². The molecule has 154 valence electrons. The zero-order valence-corrected chi connectivity index (χ0v) is 18.7.